The van der Waals surface area contributed by atoms with Crippen LogP contribution in [0.1, 0.15) is 22.0 Å². The van der Waals surface area contributed by atoms with E-state index in [0.717, 1.165) is 10.7 Å². The highest BCUT2D eigenvalue weighted by Crippen LogP contribution is 2.49. The number of aryl methyl sites for hydroxylation is 1. The summed E-state index contributed by atoms with van der Waals surface area (Å²) >= 11 is 1.51. The zero-order valence-corrected chi connectivity index (χ0v) is 13.1. The molecule has 0 bridgehead atoms. The van der Waals surface area contributed by atoms with Crippen LogP contribution >= 0.6 is 18.9 Å². The zero-order valence-electron chi connectivity index (χ0n) is 11.4. The predicted octanol–water partition coefficient (Wildman–Crippen LogP) is 2.60. The summed E-state index contributed by atoms with van der Waals surface area (Å²) in [7, 11) is -4.38. The fourth-order valence-corrected chi connectivity index (χ4v) is 3.61. The quantitative estimate of drug-likeness (QED) is 0.709. The molecule has 8 heteroatoms. The lowest BCUT2D eigenvalue weighted by molar-refractivity contribution is 0.348. The first kappa shape index (κ1) is 16.3. The van der Waals surface area contributed by atoms with Crippen molar-refractivity contribution in [1.82, 2.24) is 10.3 Å². The monoisotopic (exact) mass is 330 g/mol. The van der Waals surface area contributed by atoms with E-state index < -0.39 is 19.2 Å². The van der Waals surface area contributed by atoms with Crippen molar-refractivity contribution in [2.24, 2.45) is 0 Å². The Morgan fingerprint density at radius 2 is 2.05 bits per heavy atom. The van der Waals surface area contributed by atoms with Gasteiger partial charge in [0, 0.05) is 24.0 Å². The summed E-state index contributed by atoms with van der Waals surface area (Å²) in [6.45, 7) is 2.27. The van der Waals surface area contributed by atoms with Gasteiger partial charge < -0.3 is 9.79 Å². The largest absolute Gasteiger partial charge is 0.346 e. The van der Waals surface area contributed by atoms with Crippen LogP contribution in [-0.2, 0) is 11.0 Å². The van der Waals surface area contributed by atoms with E-state index in [0.29, 0.717) is 18.5 Å². The minimum Gasteiger partial charge on any atom is -0.323 e. The lowest BCUT2D eigenvalue weighted by Gasteiger charge is -2.20. The summed E-state index contributed by atoms with van der Waals surface area (Å²) in [5.41, 5.74) is 1.29. The fraction of sp³-hybridized carbons (Fsp3) is 0.308. The van der Waals surface area contributed by atoms with Crippen molar-refractivity contribution in [3.05, 3.63) is 51.7 Å². The minimum absolute atomic E-state index is 0.361. The molecule has 1 aromatic carbocycles. The van der Waals surface area contributed by atoms with Crippen LogP contribution in [0.5, 0.6) is 0 Å². The maximum atomic E-state index is 12.9. The lowest BCUT2D eigenvalue weighted by Crippen LogP contribution is -2.24. The highest BCUT2D eigenvalue weighted by molar-refractivity contribution is 7.52. The van der Waals surface area contributed by atoms with Gasteiger partial charge in [0.05, 0.1) is 5.01 Å². The Balaban J connectivity index is 2.04. The van der Waals surface area contributed by atoms with Crippen LogP contribution < -0.4 is 5.32 Å². The number of halogens is 1. The summed E-state index contributed by atoms with van der Waals surface area (Å²) in [4.78, 5) is 23.2. The summed E-state index contributed by atoms with van der Waals surface area (Å²) in [6.07, 6.45) is 0.580. The summed E-state index contributed by atoms with van der Waals surface area (Å²) in [5.74, 6) is -1.58. The van der Waals surface area contributed by atoms with Crippen molar-refractivity contribution in [1.29, 1.82) is 0 Å². The maximum absolute atomic E-state index is 12.9. The van der Waals surface area contributed by atoms with Crippen molar-refractivity contribution >= 4 is 18.9 Å². The Morgan fingerprint density at radius 1 is 1.38 bits per heavy atom. The molecule has 0 aliphatic carbocycles. The van der Waals surface area contributed by atoms with Crippen molar-refractivity contribution < 1.29 is 18.7 Å². The van der Waals surface area contributed by atoms with E-state index in [4.69, 9.17) is 0 Å². The van der Waals surface area contributed by atoms with Crippen molar-refractivity contribution in [3.63, 3.8) is 0 Å². The highest BCUT2D eigenvalue weighted by Gasteiger charge is 2.29. The zero-order chi connectivity index (χ0) is 15.5. The molecule has 0 aliphatic rings. The highest BCUT2D eigenvalue weighted by atomic mass is 32.1. The molecule has 2 rings (SSSR count). The Labute approximate surface area is 126 Å². The number of nitrogens with zero attached hydrogens (tertiary/aromatic N) is 1. The second kappa shape index (κ2) is 6.77. The van der Waals surface area contributed by atoms with E-state index >= 15 is 0 Å². The van der Waals surface area contributed by atoms with Crippen LogP contribution in [0.4, 0.5) is 4.39 Å². The predicted molar refractivity (Wildman–Crippen MR) is 79.7 cm³/mol. The van der Waals surface area contributed by atoms with Crippen molar-refractivity contribution in [3.8, 4) is 0 Å². The molecule has 21 heavy (non-hydrogen) atoms. The standard InChI is InChI=1S/C13H16FN2O3PS/c1-9-8-21-12(16-9)6-7-15-13(20(17,18)19)10-2-4-11(14)5-3-10/h2-5,8,13,15H,6-7H2,1H3,(H2,17,18,19). The van der Waals surface area contributed by atoms with Gasteiger partial charge in [-0.05, 0) is 24.6 Å². The first-order chi connectivity index (χ1) is 9.86. The van der Waals surface area contributed by atoms with Gasteiger partial charge in [-0.15, -0.1) is 11.3 Å². The molecule has 1 heterocycles. The van der Waals surface area contributed by atoms with E-state index in [1.807, 2.05) is 12.3 Å². The second-order valence-corrected chi connectivity index (χ2v) is 7.27. The normalized spacial score (nSPS) is 13.3. The Morgan fingerprint density at radius 3 is 2.57 bits per heavy atom. The van der Waals surface area contributed by atoms with E-state index in [-0.39, 0.29) is 0 Å². The lowest BCUT2D eigenvalue weighted by atomic mass is 10.2. The van der Waals surface area contributed by atoms with Crippen LogP contribution in [0.3, 0.4) is 0 Å². The molecule has 114 valence electrons. The van der Waals surface area contributed by atoms with Crippen molar-refractivity contribution in [2.45, 2.75) is 19.1 Å². The summed E-state index contributed by atoms with van der Waals surface area (Å²) in [5, 5.41) is 5.67. The average Bonchev–Trinajstić information content (AvgIpc) is 2.81. The minimum atomic E-state index is -4.38. The molecule has 0 saturated carbocycles. The molecule has 0 fully saturated rings. The molecule has 2 aromatic rings. The van der Waals surface area contributed by atoms with E-state index in [9.17, 15) is 18.7 Å². The topological polar surface area (TPSA) is 82.5 Å². The summed E-state index contributed by atoms with van der Waals surface area (Å²) < 4.78 is 24.5. The van der Waals surface area contributed by atoms with Gasteiger partial charge in [0.1, 0.15) is 11.6 Å². The van der Waals surface area contributed by atoms with Gasteiger partial charge in [0.2, 0.25) is 0 Å². The van der Waals surface area contributed by atoms with Crippen LogP contribution in [0, 0.1) is 12.7 Å². The first-order valence-electron chi connectivity index (χ1n) is 6.31. The van der Waals surface area contributed by atoms with Gasteiger partial charge in [-0.25, -0.2) is 9.37 Å². The van der Waals surface area contributed by atoms with Gasteiger partial charge in [-0.1, -0.05) is 12.1 Å². The van der Waals surface area contributed by atoms with Gasteiger partial charge in [-0.2, -0.15) is 0 Å². The average molecular weight is 330 g/mol. The van der Waals surface area contributed by atoms with Gasteiger partial charge in [0.15, 0.2) is 0 Å². The van der Waals surface area contributed by atoms with E-state index in [2.05, 4.69) is 10.3 Å². The SMILES string of the molecule is Cc1csc(CCNC(c2ccc(F)cc2)P(=O)(O)O)n1. The molecule has 0 spiro atoms. The third-order valence-corrected chi connectivity index (χ3v) is 5.05. The molecule has 0 aliphatic heterocycles. The van der Waals surface area contributed by atoms with Crippen LogP contribution in [-0.4, -0.2) is 21.3 Å². The number of aromatic nitrogens is 1. The molecular weight excluding hydrogens is 314 g/mol. The number of benzene rings is 1. The van der Waals surface area contributed by atoms with E-state index in [1.54, 1.807) is 0 Å². The molecule has 1 unspecified atom stereocenters. The first-order valence-corrected chi connectivity index (χ1v) is 8.87. The van der Waals surface area contributed by atoms with E-state index in [1.165, 1.54) is 35.6 Å². The number of nitrogens with one attached hydrogen (secondary N) is 1. The molecule has 3 N–H and O–H groups in total. The molecule has 0 radical (unpaired) electrons. The molecule has 0 amide bonds. The smallest absolute Gasteiger partial charge is 0.323 e. The second-order valence-electron chi connectivity index (χ2n) is 4.63. The molecule has 0 saturated heterocycles. The number of hydrogen-bond donors (Lipinski definition) is 3. The van der Waals surface area contributed by atoms with Gasteiger partial charge in [0.25, 0.3) is 0 Å². The van der Waals surface area contributed by atoms with Crippen molar-refractivity contribution in [2.75, 3.05) is 6.54 Å². The number of rotatable bonds is 6. The van der Waals surface area contributed by atoms with Crippen LogP contribution in [0.2, 0.25) is 0 Å². The molecule has 1 aromatic heterocycles. The summed E-state index contributed by atoms with van der Waals surface area (Å²) in [6, 6.07) is 5.12. The number of hydrogen-bond acceptors (Lipinski definition) is 4. The van der Waals surface area contributed by atoms with Crippen LogP contribution in [0.15, 0.2) is 29.6 Å². The Bertz CT molecular complexity index is 641. The molecular formula is C13H16FN2O3PS. The fourth-order valence-electron chi connectivity index (χ4n) is 1.91. The molecule has 1 atom stereocenters. The molecule has 5 nitrogen and oxygen atoms in total. The van der Waals surface area contributed by atoms with Gasteiger partial charge >= 0.3 is 7.60 Å². The Kier molecular flexibility index (Phi) is 5.24. The number of thiazole rings is 1. The van der Waals surface area contributed by atoms with Crippen LogP contribution in [0.25, 0.3) is 0 Å². The third-order valence-electron chi connectivity index (χ3n) is 2.87. The maximum Gasteiger partial charge on any atom is 0.346 e. The van der Waals surface area contributed by atoms with Gasteiger partial charge in [-0.3, -0.25) is 9.88 Å². The Hall–Kier alpha value is -1.11. The third kappa shape index (κ3) is 4.69.